The number of hydrogen-bond acceptors (Lipinski definition) is 17. The number of sulfone groups is 1. The minimum Gasteiger partial charge on any atom is -0.493 e. The maximum absolute atomic E-state index is 13.3. The highest BCUT2D eigenvalue weighted by molar-refractivity contribution is 7.90. The van der Waals surface area contributed by atoms with E-state index in [1.807, 2.05) is 105 Å². The molecule has 0 aromatic heterocycles. The Labute approximate surface area is 881 Å². The van der Waals surface area contributed by atoms with Crippen molar-refractivity contribution >= 4 is 69.2 Å². The van der Waals surface area contributed by atoms with E-state index in [2.05, 4.69) is 0 Å². The van der Waals surface area contributed by atoms with E-state index in [-0.39, 0.29) is 97.1 Å². The second-order valence-electron chi connectivity index (χ2n) is 36.4. The highest BCUT2D eigenvalue weighted by atomic mass is 32.2. The van der Waals surface area contributed by atoms with Gasteiger partial charge in [-0.1, -0.05) is 126 Å². The van der Waals surface area contributed by atoms with Gasteiger partial charge in [0.15, 0.2) is 9.84 Å². The Bertz CT molecular complexity index is 5980. The number of ether oxygens (including phenoxy) is 5. The molecule has 0 radical (unpaired) electrons. The monoisotopic (exact) mass is 2070 g/mol. The van der Waals surface area contributed by atoms with Gasteiger partial charge in [0.1, 0.15) is 40.4 Å². The van der Waals surface area contributed by atoms with E-state index >= 15 is 0 Å². The van der Waals surface area contributed by atoms with Crippen LogP contribution in [0.2, 0.25) is 0 Å². The quantitative estimate of drug-likeness (QED) is 0.0221. The fourth-order valence-electron chi connectivity index (χ4n) is 14.4. The van der Waals surface area contributed by atoms with E-state index in [1.165, 1.54) is 92.4 Å². The number of aryl methyl sites for hydroxylation is 2. The predicted molar refractivity (Wildman–Crippen MR) is 570 cm³/mol. The minimum atomic E-state index is -3.37. The molecule has 0 atom stereocenters. The Morgan fingerprint density at radius 1 is 0.284 bits per heavy atom. The van der Waals surface area contributed by atoms with E-state index in [9.17, 15) is 65.1 Å². The number of hydrogen-bond donors (Lipinski definition) is 5. The van der Waals surface area contributed by atoms with Gasteiger partial charge in [-0.25, -0.2) is 17.2 Å². The van der Waals surface area contributed by atoms with Crippen molar-refractivity contribution in [3.63, 3.8) is 0 Å². The van der Waals surface area contributed by atoms with Crippen molar-refractivity contribution in [2.75, 3.05) is 39.3 Å². The molecule has 5 N–H and O–H groups in total. The third kappa shape index (κ3) is 45.8. The summed E-state index contributed by atoms with van der Waals surface area (Å²) in [6, 6.07) is 61.6. The number of unbranched alkanes of at least 4 members (excludes halogenated alkanes) is 10. The van der Waals surface area contributed by atoms with Crippen LogP contribution in [0.15, 0.2) is 248 Å². The predicted octanol–water partition coefficient (Wildman–Crippen LogP) is 24.1. The average molecular weight is 2070 g/mol. The second-order valence-corrected chi connectivity index (χ2v) is 38.4. The van der Waals surface area contributed by atoms with Gasteiger partial charge >= 0.3 is 29.8 Å². The molecular formula is C118H149F2N5O22S. The molecule has 10 rings (SSSR count). The van der Waals surface area contributed by atoms with Gasteiger partial charge in [0, 0.05) is 157 Å². The first kappa shape index (κ1) is 111. The van der Waals surface area contributed by atoms with Crippen LogP contribution in [0.4, 0.5) is 8.78 Å². The highest BCUT2D eigenvalue weighted by Gasteiger charge is 2.28. The lowest BCUT2D eigenvalue weighted by atomic mass is 10.1. The second kappa shape index (κ2) is 66.0. The molecule has 0 fully saturated rings. The zero-order valence-electron chi connectivity index (χ0n) is 94.1. The summed E-state index contributed by atoms with van der Waals surface area (Å²) in [5, 5.41) is 43.5. The van der Waals surface area contributed by atoms with Crippen LogP contribution in [0.5, 0.6) is 28.7 Å². The van der Waals surface area contributed by atoms with Gasteiger partial charge in [-0.3, -0.25) is 47.9 Å². The van der Waals surface area contributed by atoms with Crippen molar-refractivity contribution in [3.05, 3.63) is 321 Å². The van der Waals surface area contributed by atoms with Gasteiger partial charge in [-0.15, -0.1) is 0 Å². The van der Waals surface area contributed by atoms with Crippen LogP contribution < -0.4 is 23.7 Å². The third-order valence-corrected chi connectivity index (χ3v) is 23.9. The van der Waals surface area contributed by atoms with Crippen LogP contribution in [-0.2, 0) is 66.4 Å². The summed E-state index contributed by atoms with van der Waals surface area (Å²) >= 11 is 0. The summed E-state index contributed by atoms with van der Waals surface area (Å²) in [5.74, 6) is -4.21. The Morgan fingerprint density at radius 3 is 0.689 bits per heavy atom. The molecule has 0 heterocycles. The lowest BCUT2D eigenvalue weighted by molar-refractivity contribution is -0.138. The SMILES string of the molecule is [2H]C(C)(C)N(Cc1ccccc1OCCCCCC(=O)O)C(=O)c1ccc(C)cc1.[2H]C(C)(C)N(Cc1ccccc1OCCCCCC(=O)O)C(=O)c1ccc(F)cc1.[2H]C(C)(C)N(Cc1ccccc1OCCCCCC(=O)O)C(=O)c1ccc(S(C)(=O)=O)cc1.[2H]C([2H])(c1ccccc1OCCCCCC(=O)O)N(C(=O)c1ccc(C)cc1)C(C)C.[2H]C([2H])(c1ccccc1OCCCCCC(=O)O)N(C(=O)c1ccc(F)cc1)C(C)C. The Balaban J connectivity index is 0.000000295. The number of carbonyl (C=O) groups is 10. The number of halogens is 2. The van der Waals surface area contributed by atoms with Crippen molar-refractivity contribution in [1.82, 2.24) is 24.5 Å². The lowest BCUT2D eigenvalue weighted by Gasteiger charge is -2.28. The lowest BCUT2D eigenvalue weighted by Crippen LogP contribution is -2.36. The summed E-state index contributed by atoms with van der Waals surface area (Å²) in [6.45, 7) is 19.1. The van der Waals surface area contributed by atoms with Gasteiger partial charge in [-0.05, 0) is 307 Å². The summed E-state index contributed by atoms with van der Waals surface area (Å²) in [7, 11) is -3.37. The third-order valence-electron chi connectivity index (χ3n) is 22.8. The smallest absolute Gasteiger partial charge is 0.303 e. The molecule has 0 saturated heterocycles. The zero-order chi connectivity index (χ0) is 115. The molecule has 0 bridgehead atoms. The normalized spacial score (nSPS) is 12.0. The molecule has 0 aliphatic heterocycles. The molecule has 5 amide bonds. The summed E-state index contributed by atoms with van der Waals surface area (Å²) < 4.78 is 140. The van der Waals surface area contributed by atoms with Gasteiger partial charge in [0.05, 0.1) is 47.5 Å². The molecule has 0 aliphatic carbocycles. The fourth-order valence-corrected chi connectivity index (χ4v) is 15.1. The standard InChI is InChI=1S/C24H31NO6S.2C24H31NO4.2C23H28FNO4/c1-18(2)25(24(28)19-12-14-21(15-13-19)32(3,29)30)17-20-9-6-7-10-22(20)31-16-8-4-5-11-23(26)27;2*1-18(2)25(24(28)20-14-12-19(3)13-15-20)17-21-9-6-7-10-22(21)29-16-8-4-5-11-23(26)27;2*1-17(2)25(23(28)18-11-13-20(24)14-12-18)16-19-8-5-6-9-21(19)29-15-7-3-4-10-22(26)27/h6-7,9-10,12-15,18H,4-5,8,11,16-17H2,1-3H3,(H,26,27);2*6-7,9-10,12-15,18H,4-5,8,11,16-17H2,1-3H3,(H,26,27);2*5-6,8-9,11-14,17H,3-4,7,10,15-16H2,1-2H3,(H,26,27)/i2*18D;17D2;17D;16D2. The number of benzene rings is 10. The van der Waals surface area contributed by atoms with Crippen LogP contribution in [0.25, 0.3) is 0 Å². The molecule has 10 aromatic carbocycles. The molecule has 10 aromatic rings. The maximum atomic E-state index is 13.3. The van der Waals surface area contributed by atoms with E-state index < -0.39 is 100 Å². The van der Waals surface area contributed by atoms with Crippen molar-refractivity contribution in [2.24, 2.45) is 0 Å². The molecule has 0 saturated carbocycles. The number of amides is 5. The van der Waals surface area contributed by atoms with Crippen molar-refractivity contribution in [1.29, 1.82) is 0 Å². The number of aliphatic carboxylic acids is 5. The molecular weight excluding hydrogens is 1910 g/mol. The number of carboxylic acids is 5. The molecule has 30 heteroatoms. The van der Waals surface area contributed by atoms with Crippen LogP contribution >= 0.6 is 0 Å². The van der Waals surface area contributed by atoms with E-state index in [4.69, 9.17) is 58.8 Å². The number of nitrogens with zero attached hydrogens (tertiary/aromatic N) is 5. The van der Waals surface area contributed by atoms with Gasteiger partial charge in [-0.2, -0.15) is 0 Å². The van der Waals surface area contributed by atoms with Crippen molar-refractivity contribution < 1.29 is 124 Å². The van der Waals surface area contributed by atoms with Gasteiger partial charge < -0.3 is 73.7 Å². The molecule has 0 aliphatic rings. The summed E-state index contributed by atoms with van der Waals surface area (Å²) in [4.78, 5) is 125. The Hall–Kier alpha value is -14.3. The molecule has 798 valence electrons. The topological polar surface area (TPSA) is 368 Å². The highest BCUT2D eigenvalue weighted by Crippen LogP contribution is 2.31. The Kier molecular flexibility index (Phi) is 49.5. The van der Waals surface area contributed by atoms with Crippen LogP contribution in [0.1, 0.15) is 298 Å². The molecule has 27 nitrogen and oxygen atoms in total. The van der Waals surface area contributed by atoms with Crippen LogP contribution in [0, 0.1) is 25.5 Å². The maximum Gasteiger partial charge on any atom is 0.303 e. The van der Waals surface area contributed by atoms with Crippen LogP contribution in [0.3, 0.4) is 0 Å². The average Bonchev–Trinajstić information content (AvgIpc) is 0.772. The van der Waals surface area contributed by atoms with E-state index in [1.54, 1.807) is 148 Å². The number of para-hydroxylation sites is 5. The van der Waals surface area contributed by atoms with Crippen LogP contribution in [-0.4, -0.2) is 187 Å². The number of rotatable bonds is 56. The first-order valence-electron chi connectivity index (χ1n) is 53.3. The summed E-state index contributed by atoms with van der Waals surface area (Å²) in [5.41, 5.74) is 6.72. The largest absolute Gasteiger partial charge is 0.493 e. The first-order valence-corrected chi connectivity index (χ1v) is 51.7. The number of carbonyl (C=O) groups excluding carboxylic acids is 5. The Morgan fingerprint density at radius 2 is 0.480 bits per heavy atom. The molecule has 148 heavy (non-hydrogen) atoms. The number of carboxylic acid groups (broad SMARTS) is 5. The van der Waals surface area contributed by atoms with Crippen molar-refractivity contribution in [2.45, 2.75) is 279 Å². The molecule has 0 spiro atoms. The van der Waals surface area contributed by atoms with Gasteiger partial charge in [0.25, 0.3) is 29.5 Å². The van der Waals surface area contributed by atoms with E-state index in [0.29, 0.717) is 148 Å². The fraction of sp³-hybridized carbons (Fsp3) is 0.407. The zero-order valence-corrected chi connectivity index (χ0v) is 87.9. The van der Waals surface area contributed by atoms with Gasteiger partial charge in [0.2, 0.25) is 0 Å². The molecule has 0 unspecified atom stereocenters. The first-order chi connectivity index (χ1) is 73.0. The van der Waals surface area contributed by atoms with Crippen molar-refractivity contribution in [3.8, 4) is 28.7 Å². The minimum absolute atomic E-state index is 0.105. The summed E-state index contributed by atoms with van der Waals surface area (Å²) in [6.07, 6.45) is 11.9. The van der Waals surface area contributed by atoms with E-state index in [0.717, 1.165) is 71.1 Å².